The summed E-state index contributed by atoms with van der Waals surface area (Å²) in [6.45, 7) is -1.84. The summed E-state index contributed by atoms with van der Waals surface area (Å²) in [6.07, 6.45) is 1.76. The van der Waals surface area contributed by atoms with Gasteiger partial charge in [-0.05, 0) is 52.8 Å². The molecule has 3 aromatic rings. The maximum absolute atomic E-state index is 12.5. The number of alkyl halides is 2. The second-order valence-corrected chi connectivity index (χ2v) is 7.16. The molecule has 0 radical (unpaired) electrons. The zero-order valence-corrected chi connectivity index (χ0v) is 16.9. The van der Waals surface area contributed by atoms with Crippen LogP contribution in [0.25, 0.3) is 10.9 Å². The molecule has 0 spiro atoms. The Kier molecular flexibility index (Phi) is 6.31. The zero-order chi connectivity index (χ0) is 20.3. The fourth-order valence-corrected chi connectivity index (χ4v) is 3.67. The molecule has 0 bridgehead atoms. The van der Waals surface area contributed by atoms with Crippen molar-refractivity contribution in [3.63, 3.8) is 0 Å². The quantitative estimate of drug-likeness (QED) is 0.530. The van der Waals surface area contributed by atoms with Gasteiger partial charge in [0.1, 0.15) is 0 Å². The number of hydrogen-bond acceptors (Lipinski definition) is 4. The van der Waals surface area contributed by atoms with Crippen LogP contribution in [0.4, 0.5) is 8.78 Å². The molecule has 0 unspecified atom stereocenters. The van der Waals surface area contributed by atoms with Gasteiger partial charge in [0.2, 0.25) is 0 Å². The lowest BCUT2D eigenvalue weighted by atomic mass is 10.2. The number of para-hydroxylation sites is 1. The fraction of sp³-hybridized carbons (Fsp3) is 0.250. The van der Waals surface area contributed by atoms with Crippen molar-refractivity contribution in [1.29, 1.82) is 0 Å². The van der Waals surface area contributed by atoms with E-state index in [4.69, 9.17) is 4.74 Å². The van der Waals surface area contributed by atoms with Crippen LogP contribution in [0.15, 0.2) is 57.9 Å². The number of aromatic nitrogens is 1. The first-order valence-corrected chi connectivity index (χ1v) is 9.26. The summed E-state index contributed by atoms with van der Waals surface area (Å²) in [6, 6.07) is 11.9. The molecule has 0 aliphatic carbocycles. The van der Waals surface area contributed by atoms with Crippen LogP contribution in [-0.2, 0) is 13.2 Å². The van der Waals surface area contributed by atoms with Crippen LogP contribution < -0.4 is 14.9 Å². The molecule has 0 amide bonds. The topological polar surface area (TPSA) is 43.7 Å². The average Bonchev–Trinajstić information content (AvgIpc) is 2.65. The van der Waals surface area contributed by atoms with Crippen LogP contribution in [0.1, 0.15) is 5.56 Å². The molecular formula is C20H19BrF2N2O3. The Balaban J connectivity index is 1.82. The lowest BCUT2D eigenvalue weighted by Gasteiger charge is -2.21. The Bertz CT molecular complexity index is 1040. The Labute approximate surface area is 169 Å². The van der Waals surface area contributed by atoms with Gasteiger partial charge in [0.15, 0.2) is 16.9 Å². The molecule has 2 aromatic carbocycles. The molecule has 0 saturated carbocycles. The Hall–Kier alpha value is -2.45. The van der Waals surface area contributed by atoms with Gasteiger partial charge >= 0.3 is 6.61 Å². The number of halogens is 3. The van der Waals surface area contributed by atoms with Crippen LogP contribution in [0.5, 0.6) is 11.5 Å². The van der Waals surface area contributed by atoms with Crippen molar-refractivity contribution >= 4 is 26.8 Å². The molecule has 1 aromatic heterocycles. The molecule has 0 aliphatic rings. The van der Waals surface area contributed by atoms with Crippen LogP contribution >= 0.6 is 15.9 Å². The number of ether oxygens (including phenoxy) is 2. The highest BCUT2D eigenvalue weighted by Gasteiger charge is 2.13. The molecule has 0 fully saturated rings. The Morgan fingerprint density at radius 3 is 2.68 bits per heavy atom. The predicted molar refractivity (Wildman–Crippen MR) is 107 cm³/mol. The highest BCUT2D eigenvalue weighted by Crippen LogP contribution is 2.30. The molecule has 28 heavy (non-hydrogen) atoms. The molecule has 8 heteroatoms. The van der Waals surface area contributed by atoms with Crippen molar-refractivity contribution in [1.82, 2.24) is 9.47 Å². The summed E-state index contributed by atoms with van der Waals surface area (Å²) >= 11 is 3.52. The summed E-state index contributed by atoms with van der Waals surface area (Å²) in [4.78, 5) is 14.1. The number of rotatable bonds is 7. The summed E-state index contributed by atoms with van der Waals surface area (Å²) in [5.41, 5.74) is 1.67. The number of benzene rings is 2. The molecular weight excluding hydrogens is 434 g/mol. The third-order valence-electron chi connectivity index (χ3n) is 4.24. The first-order chi connectivity index (χ1) is 13.4. The van der Waals surface area contributed by atoms with Gasteiger partial charge in [-0.3, -0.25) is 9.69 Å². The van der Waals surface area contributed by atoms with E-state index in [1.54, 1.807) is 30.5 Å². The van der Waals surface area contributed by atoms with Gasteiger partial charge in [-0.1, -0.05) is 12.1 Å². The molecule has 0 saturated heterocycles. The van der Waals surface area contributed by atoms with Gasteiger partial charge in [0.05, 0.1) is 19.3 Å². The molecule has 5 nitrogen and oxygen atoms in total. The van der Waals surface area contributed by atoms with Crippen molar-refractivity contribution in [2.24, 2.45) is 0 Å². The third-order valence-corrected chi connectivity index (χ3v) is 4.88. The van der Waals surface area contributed by atoms with Gasteiger partial charge in [0.25, 0.3) is 0 Å². The molecule has 148 valence electrons. The summed E-state index contributed by atoms with van der Waals surface area (Å²) in [5.74, 6) is 0.252. The van der Waals surface area contributed by atoms with Crippen molar-refractivity contribution in [3.05, 3.63) is 68.9 Å². The SMILES string of the molecule is COc1cc(CN(C)Cn2ccc(=O)c3cccc(Br)c32)ccc1OC(F)F. The fourth-order valence-electron chi connectivity index (χ4n) is 3.07. The Morgan fingerprint density at radius 1 is 1.18 bits per heavy atom. The van der Waals surface area contributed by atoms with Gasteiger partial charge < -0.3 is 14.0 Å². The highest BCUT2D eigenvalue weighted by atomic mass is 79.9. The van der Waals surface area contributed by atoms with Crippen LogP contribution in [-0.4, -0.2) is 30.2 Å². The smallest absolute Gasteiger partial charge is 0.387 e. The molecule has 0 atom stereocenters. The first-order valence-electron chi connectivity index (χ1n) is 8.47. The zero-order valence-electron chi connectivity index (χ0n) is 15.4. The minimum atomic E-state index is -2.91. The molecule has 3 rings (SSSR count). The normalized spacial score (nSPS) is 11.4. The van der Waals surface area contributed by atoms with Crippen molar-refractivity contribution in [2.45, 2.75) is 19.8 Å². The highest BCUT2D eigenvalue weighted by molar-refractivity contribution is 9.10. The third kappa shape index (κ3) is 4.51. The minimum Gasteiger partial charge on any atom is -0.493 e. The largest absolute Gasteiger partial charge is 0.493 e. The van der Waals surface area contributed by atoms with E-state index in [1.165, 1.54) is 13.2 Å². The lowest BCUT2D eigenvalue weighted by Crippen LogP contribution is -2.23. The van der Waals surface area contributed by atoms with E-state index >= 15 is 0 Å². The summed E-state index contributed by atoms with van der Waals surface area (Å²) < 4.78 is 37.3. The monoisotopic (exact) mass is 452 g/mol. The average molecular weight is 453 g/mol. The second kappa shape index (κ2) is 8.70. The van der Waals surface area contributed by atoms with E-state index in [2.05, 4.69) is 20.7 Å². The maximum Gasteiger partial charge on any atom is 0.387 e. The van der Waals surface area contributed by atoms with E-state index in [-0.39, 0.29) is 16.9 Å². The first kappa shape index (κ1) is 20.3. The van der Waals surface area contributed by atoms with Crippen LogP contribution in [0.3, 0.4) is 0 Å². The Morgan fingerprint density at radius 2 is 1.96 bits per heavy atom. The van der Waals surface area contributed by atoms with Crippen molar-refractivity contribution < 1.29 is 18.3 Å². The van der Waals surface area contributed by atoms with Crippen LogP contribution in [0.2, 0.25) is 0 Å². The van der Waals surface area contributed by atoms with Gasteiger partial charge in [0, 0.05) is 28.7 Å². The van der Waals surface area contributed by atoms with Crippen molar-refractivity contribution in [3.8, 4) is 11.5 Å². The molecule has 0 aliphatic heterocycles. The van der Waals surface area contributed by atoms with Gasteiger partial charge in [-0.25, -0.2) is 0 Å². The van der Waals surface area contributed by atoms with Gasteiger partial charge in [-0.15, -0.1) is 0 Å². The van der Waals surface area contributed by atoms with E-state index in [0.29, 0.717) is 18.6 Å². The molecule has 0 N–H and O–H groups in total. The maximum atomic E-state index is 12.5. The van der Waals surface area contributed by atoms with Crippen molar-refractivity contribution in [2.75, 3.05) is 14.2 Å². The standard InChI is InChI=1S/C20H19BrF2N2O3/c1-24(11-13-6-7-17(28-20(22)23)18(10-13)27-2)12-25-9-8-16(26)14-4-3-5-15(21)19(14)25/h3-10,20H,11-12H2,1-2H3. The summed E-state index contributed by atoms with van der Waals surface area (Å²) in [5, 5.41) is 0.639. The van der Waals surface area contributed by atoms with Crippen LogP contribution in [0, 0.1) is 0 Å². The van der Waals surface area contributed by atoms with E-state index in [9.17, 15) is 13.6 Å². The number of nitrogens with zero attached hydrogens (tertiary/aromatic N) is 2. The lowest BCUT2D eigenvalue weighted by molar-refractivity contribution is -0.0512. The number of methoxy groups -OCH3 is 1. The summed E-state index contributed by atoms with van der Waals surface area (Å²) in [7, 11) is 3.34. The van der Waals surface area contributed by atoms with E-state index in [1.807, 2.05) is 28.6 Å². The van der Waals surface area contributed by atoms with Gasteiger partial charge in [-0.2, -0.15) is 8.78 Å². The minimum absolute atomic E-state index is 0.000706. The van der Waals surface area contributed by atoms with E-state index in [0.717, 1.165) is 15.6 Å². The second-order valence-electron chi connectivity index (χ2n) is 6.31. The predicted octanol–water partition coefficient (Wildman–Crippen LogP) is 4.46. The number of fused-ring (bicyclic) bond motifs is 1. The van der Waals surface area contributed by atoms with E-state index < -0.39 is 6.61 Å². The number of pyridine rings is 1. The molecule has 1 heterocycles. The number of hydrogen-bond donors (Lipinski definition) is 0.